The van der Waals surface area contributed by atoms with Gasteiger partial charge in [-0.1, -0.05) is 143 Å². The number of rotatable bonds is 24. The van der Waals surface area contributed by atoms with Gasteiger partial charge in [0.1, 0.15) is 49.3 Å². The first-order valence-electron chi connectivity index (χ1n) is 31.9. The fourth-order valence-electron chi connectivity index (χ4n) is 11.3. The minimum absolute atomic E-state index is 0.0424. The number of esters is 2. The molecule has 0 aromatic heterocycles. The van der Waals surface area contributed by atoms with Crippen LogP contribution in [0, 0.1) is 23.2 Å². The molecule has 24 heteroatoms. The van der Waals surface area contributed by atoms with Crippen LogP contribution in [0.4, 0.5) is 20.1 Å². The molecule has 5 aromatic rings. The summed E-state index contributed by atoms with van der Waals surface area (Å²) in [6.07, 6.45) is -0.807. The lowest BCUT2D eigenvalue weighted by Crippen LogP contribution is -2.54. The van der Waals surface area contributed by atoms with Crippen molar-refractivity contribution in [2.75, 3.05) is 32.1 Å². The third-order valence-electron chi connectivity index (χ3n) is 16.8. The van der Waals surface area contributed by atoms with Gasteiger partial charge in [-0.15, -0.1) is 0 Å². The van der Waals surface area contributed by atoms with Crippen LogP contribution in [-0.2, 0) is 72.0 Å². The molecule has 1 fully saturated rings. The number of primary amides is 1. The molecule has 5 aromatic carbocycles. The fraction of sp³-hybridized carbons (Fsp3) is 0.423. The predicted octanol–water partition coefficient (Wildman–Crippen LogP) is 8.99. The van der Waals surface area contributed by atoms with Gasteiger partial charge in [0.2, 0.25) is 23.6 Å². The quantitative estimate of drug-likeness (QED) is 0.0124. The average molecular weight is 1330 g/mol. The molecule has 0 radical (unpaired) electrons. The lowest BCUT2D eigenvalue weighted by molar-refractivity contribution is -0.179. The number of nitrogens with two attached hydrogens (primary N) is 1. The van der Waals surface area contributed by atoms with Crippen LogP contribution in [0.1, 0.15) is 120 Å². The van der Waals surface area contributed by atoms with E-state index in [9.17, 15) is 43.2 Å². The molecule has 1 aliphatic carbocycles. The Morgan fingerprint density at radius 3 is 2.07 bits per heavy atom. The van der Waals surface area contributed by atoms with Gasteiger partial charge in [-0.25, -0.2) is 19.2 Å². The molecule has 95 heavy (non-hydrogen) atoms. The number of hydrogen-bond donors (Lipinski definition) is 8. The maximum atomic E-state index is 14.0. The summed E-state index contributed by atoms with van der Waals surface area (Å²) in [6, 6.07) is 30.9. The van der Waals surface area contributed by atoms with Gasteiger partial charge >= 0.3 is 30.2 Å². The van der Waals surface area contributed by atoms with E-state index in [1.54, 1.807) is 76.2 Å². The number of cyclic esters (lactones) is 2. The highest BCUT2D eigenvalue weighted by Gasteiger charge is 2.48. The fourth-order valence-corrected chi connectivity index (χ4v) is 11.6. The molecular formula is C71H85ClN8O15. The van der Waals surface area contributed by atoms with Crippen molar-refractivity contribution in [2.45, 2.75) is 142 Å². The number of halogens is 1. The molecule has 0 bridgehead atoms. The number of urea groups is 1. The van der Waals surface area contributed by atoms with Crippen molar-refractivity contribution in [3.05, 3.63) is 166 Å². The highest BCUT2D eigenvalue weighted by atomic mass is 35.5. The molecule has 9 N–H and O–H groups in total. The molecule has 0 saturated carbocycles. The monoisotopic (exact) mass is 1320 g/mol. The lowest BCUT2D eigenvalue weighted by Gasteiger charge is -2.29. The van der Waals surface area contributed by atoms with Crippen molar-refractivity contribution in [1.82, 2.24) is 31.9 Å². The zero-order valence-electron chi connectivity index (χ0n) is 54.6. The Balaban J connectivity index is 0.821. The molecule has 2 heterocycles. The van der Waals surface area contributed by atoms with Crippen LogP contribution in [0.3, 0.4) is 0 Å². The van der Waals surface area contributed by atoms with Gasteiger partial charge in [0, 0.05) is 50.0 Å². The molecule has 23 nitrogen and oxygen atoms in total. The lowest BCUT2D eigenvalue weighted by atomic mass is 9.92. The summed E-state index contributed by atoms with van der Waals surface area (Å²) in [5.74, 6) is -4.40. The van der Waals surface area contributed by atoms with Crippen molar-refractivity contribution >= 4 is 71.1 Å². The molecule has 8 rings (SSSR count). The minimum atomic E-state index is -1.29. The summed E-state index contributed by atoms with van der Waals surface area (Å²) in [5, 5.41) is 19.4. The summed E-state index contributed by atoms with van der Waals surface area (Å²) >= 11 is 6.39. The van der Waals surface area contributed by atoms with E-state index in [0.717, 1.165) is 33.4 Å². The van der Waals surface area contributed by atoms with Crippen molar-refractivity contribution in [3.63, 3.8) is 0 Å². The Kier molecular flexibility index (Phi) is 24.8. The number of carbonyl (C=O) groups excluding carboxylic acids is 9. The molecule has 2 aliphatic heterocycles. The number of anilines is 1. The highest BCUT2D eigenvalue weighted by Crippen LogP contribution is 2.46. The standard InChI is InChI=1S/C71H85ClN8O15/c1-40(2)33-58-66(85)93-56(20-13-21-59(81)78-55(35-45-26-31-57(90-8)53(72)34-45)63(82)76-39-71(6,7)67(86)94-58)42(5)61-62(95-61)46-27-22-43(23-28-46)36-75-69(88)91-37-44-24-29-47(30-25-44)77-64(83)54(19-14-32-74-68(73)87)79-65(84)60(41(3)4)80-70(89)92-38-52-50-17-11-9-15-48(50)49-16-10-12-18-51(49)52/h9-13,15-18,21-31,34,40-42,52,54-56,58,60-62H,14,19-20,32-33,35-39H2,1-8H3,(H,75,88)(H,76,82)(H,77,83)(H,78,81)(H,79,84)(H,80,89)(H3,73,74,87)/b21-13+/t42-,54-,55+,56?,58-,60-,61+,62+/m0/s1. The first-order chi connectivity index (χ1) is 45.4. The second-order valence-electron chi connectivity index (χ2n) is 25.4. The largest absolute Gasteiger partial charge is 0.495 e. The van der Waals surface area contributed by atoms with E-state index in [0.29, 0.717) is 27.6 Å². The number of alkyl carbamates (subject to hydrolysis) is 2. The SMILES string of the molecule is COc1ccc(C[C@H]2NC(=O)/C=C/CC([C@H](C)[C@H]3O[C@@H]3c3ccc(CNC(=O)OCc4ccc(NC(=O)[C@H](CCCNC(N)=O)NC(=O)[C@@H](NC(=O)OCC5c6ccccc6-c6ccccc65)C(C)C)cc4)cc3)OC(=O)[C@H](CC(C)C)OC(=O)C(C)(C)CNC2=O)cc1Cl. The van der Waals surface area contributed by atoms with Gasteiger partial charge in [0.05, 0.1) is 23.7 Å². The molecular weight excluding hydrogens is 1240 g/mol. The average Bonchev–Trinajstić information content (AvgIpc) is 1.63. The second-order valence-corrected chi connectivity index (χ2v) is 25.8. The van der Waals surface area contributed by atoms with Crippen molar-refractivity contribution < 1.29 is 71.6 Å². The van der Waals surface area contributed by atoms with E-state index in [2.05, 4.69) is 37.2 Å². The summed E-state index contributed by atoms with van der Waals surface area (Å²) in [7, 11) is 1.48. The first-order valence-corrected chi connectivity index (χ1v) is 32.2. The van der Waals surface area contributed by atoms with E-state index in [1.807, 2.05) is 93.6 Å². The van der Waals surface area contributed by atoms with Gasteiger partial charge in [-0.2, -0.15) is 0 Å². The van der Waals surface area contributed by atoms with Crippen molar-refractivity contribution in [2.24, 2.45) is 28.9 Å². The van der Waals surface area contributed by atoms with Crippen LogP contribution in [0.5, 0.6) is 5.75 Å². The first kappa shape index (κ1) is 71.4. The van der Waals surface area contributed by atoms with Crippen LogP contribution in [0.2, 0.25) is 5.02 Å². The van der Waals surface area contributed by atoms with Gasteiger partial charge in [-0.05, 0) is 120 Å². The number of nitrogens with one attached hydrogen (secondary N) is 7. The number of epoxide rings is 1. The number of fused-ring (bicyclic) bond motifs is 3. The van der Waals surface area contributed by atoms with Crippen molar-refractivity contribution in [3.8, 4) is 16.9 Å². The van der Waals surface area contributed by atoms with Gasteiger partial charge in [0.15, 0.2) is 6.10 Å². The van der Waals surface area contributed by atoms with Gasteiger partial charge in [0.25, 0.3) is 0 Å². The van der Waals surface area contributed by atoms with E-state index < -0.39 is 107 Å². The number of methoxy groups -OCH3 is 1. The molecule has 0 spiro atoms. The smallest absolute Gasteiger partial charge is 0.407 e. The zero-order chi connectivity index (χ0) is 68.5. The number of hydrogen-bond acceptors (Lipinski definition) is 15. The Morgan fingerprint density at radius 1 is 0.768 bits per heavy atom. The Hall–Kier alpha value is -9.48. The molecule has 8 amide bonds. The topological polar surface area (TPSA) is 323 Å². The molecule has 8 atom stereocenters. The zero-order valence-corrected chi connectivity index (χ0v) is 55.4. The predicted molar refractivity (Wildman–Crippen MR) is 354 cm³/mol. The number of carbonyl (C=O) groups is 9. The van der Waals surface area contributed by atoms with E-state index >= 15 is 0 Å². The summed E-state index contributed by atoms with van der Waals surface area (Å²) in [6.45, 7) is 12.4. The number of amides is 8. The van der Waals surface area contributed by atoms with Crippen LogP contribution in [-0.4, -0.2) is 117 Å². The van der Waals surface area contributed by atoms with Crippen LogP contribution in [0.25, 0.3) is 11.1 Å². The van der Waals surface area contributed by atoms with E-state index in [1.165, 1.54) is 13.2 Å². The van der Waals surface area contributed by atoms with Crippen molar-refractivity contribution in [1.29, 1.82) is 0 Å². The van der Waals surface area contributed by atoms with E-state index in [-0.39, 0.29) is 82.9 Å². The normalized spacial score (nSPS) is 20.0. The summed E-state index contributed by atoms with van der Waals surface area (Å²) < 4.78 is 34.7. The number of benzene rings is 5. The van der Waals surface area contributed by atoms with Gasteiger partial charge < -0.3 is 71.4 Å². The molecule has 506 valence electrons. The third-order valence-corrected chi connectivity index (χ3v) is 17.1. The van der Waals surface area contributed by atoms with E-state index in [4.69, 9.17) is 45.8 Å². The molecule has 1 unspecified atom stereocenters. The Labute approximate surface area is 558 Å². The Bertz CT molecular complexity index is 3550. The summed E-state index contributed by atoms with van der Waals surface area (Å²) in [4.78, 5) is 120. The van der Waals surface area contributed by atoms with Crippen LogP contribution < -0.4 is 47.7 Å². The van der Waals surface area contributed by atoms with Crippen LogP contribution in [0.15, 0.2) is 127 Å². The minimum Gasteiger partial charge on any atom is -0.495 e. The summed E-state index contributed by atoms with van der Waals surface area (Å²) in [5.41, 5.74) is 11.4. The third kappa shape index (κ3) is 20.0. The Morgan fingerprint density at radius 2 is 1.43 bits per heavy atom. The maximum absolute atomic E-state index is 14.0. The van der Waals surface area contributed by atoms with Crippen LogP contribution >= 0.6 is 11.6 Å². The maximum Gasteiger partial charge on any atom is 0.407 e. The second kappa shape index (κ2) is 33.1. The highest BCUT2D eigenvalue weighted by molar-refractivity contribution is 6.32. The molecule has 3 aliphatic rings. The van der Waals surface area contributed by atoms with Gasteiger partial charge in [-0.3, -0.25) is 24.0 Å². The number of ether oxygens (including phenoxy) is 6. The molecule has 1 saturated heterocycles.